The summed E-state index contributed by atoms with van der Waals surface area (Å²) in [6.07, 6.45) is 5.39. The molecule has 1 aromatic carbocycles. The third kappa shape index (κ3) is 4.56. The van der Waals surface area contributed by atoms with Gasteiger partial charge in [-0.15, -0.1) is 0 Å². The van der Waals surface area contributed by atoms with Crippen LogP contribution in [0.15, 0.2) is 42.9 Å². The largest absolute Gasteiger partial charge is 0.497 e. The summed E-state index contributed by atoms with van der Waals surface area (Å²) in [4.78, 5) is 44.4. The van der Waals surface area contributed by atoms with Crippen molar-refractivity contribution in [3.8, 4) is 5.75 Å². The lowest BCUT2D eigenvalue weighted by molar-refractivity contribution is 0.0784. The molecule has 3 heterocycles. The highest BCUT2D eigenvalue weighted by Gasteiger charge is 2.30. The highest BCUT2D eigenvalue weighted by Crippen LogP contribution is 2.26. The van der Waals surface area contributed by atoms with Crippen LogP contribution in [-0.2, 0) is 0 Å². The fourth-order valence-electron chi connectivity index (χ4n) is 3.60. The number of aryl methyl sites for hydroxylation is 2. The molecule has 4 rings (SSSR count). The molecule has 9 nitrogen and oxygen atoms in total. The minimum Gasteiger partial charge on any atom is -0.497 e. The molecule has 164 valence electrons. The summed E-state index contributed by atoms with van der Waals surface area (Å²) in [5.74, 6) is 0.932. The third-order valence-corrected chi connectivity index (χ3v) is 5.43. The number of carbonyl (C=O) groups excluding carboxylic acids is 2. The van der Waals surface area contributed by atoms with Gasteiger partial charge in [0.1, 0.15) is 17.3 Å². The van der Waals surface area contributed by atoms with Crippen molar-refractivity contribution in [3.63, 3.8) is 0 Å². The van der Waals surface area contributed by atoms with E-state index in [1.807, 2.05) is 6.92 Å². The second kappa shape index (κ2) is 9.09. The molecule has 1 atom stereocenters. The van der Waals surface area contributed by atoms with E-state index in [1.165, 1.54) is 6.20 Å². The molecule has 0 unspecified atom stereocenters. The topological polar surface area (TPSA) is 110 Å². The van der Waals surface area contributed by atoms with Crippen LogP contribution in [0.1, 0.15) is 50.4 Å². The van der Waals surface area contributed by atoms with Crippen LogP contribution in [0.4, 0.5) is 5.69 Å². The molecule has 2 aromatic heterocycles. The lowest BCUT2D eigenvalue weighted by Crippen LogP contribution is -2.29. The van der Waals surface area contributed by atoms with Crippen LogP contribution in [0.5, 0.6) is 5.75 Å². The smallest absolute Gasteiger partial charge is 0.274 e. The fraction of sp³-hybridized carbons (Fsp3) is 0.304. The molecule has 0 spiro atoms. The number of ether oxygens (including phenoxy) is 1. The Bertz CT molecular complexity index is 1130. The summed E-state index contributed by atoms with van der Waals surface area (Å²) in [5.41, 5.74) is 2.75. The summed E-state index contributed by atoms with van der Waals surface area (Å²) in [6, 6.07) is 7.09. The molecule has 32 heavy (non-hydrogen) atoms. The molecule has 0 radical (unpaired) electrons. The van der Waals surface area contributed by atoms with E-state index < -0.39 is 0 Å². The molecule has 0 aliphatic carbocycles. The van der Waals surface area contributed by atoms with Crippen LogP contribution in [-0.4, -0.2) is 56.8 Å². The van der Waals surface area contributed by atoms with Gasteiger partial charge in [0.15, 0.2) is 0 Å². The molecule has 1 fully saturated rings. The lowest BCUT2D eigenvalue weighted by Gasteiger charge is -2.16. The van der Waals surface area contributed by atoms with Crippen molar-refractivity contribution in [2.45, 2.75) is 26.2 Å². The Morgan fingerprint density at radius 2 is 1.84 bits per heavy atom. The van der Waals surface area contributed by atoms with Crippen LogP contribution in [0.2, 0.25) is 0 Å². The molecule has 9 heteroatoms. The standard InChI is InChI=1S/C23H24N6O3/c1-14-10-25-20(12-24-14)23(31)29-9-8-16(13-29)21-26-11-19(15(2)27-21)22(30)28-17-4-6-18(32-3)7-5-17/h4-7,10-12,16H,8-9,13H2,1-3H3,(H,28,30)/t16-/m1/s1. The van der Waals surface area contributed by atoms with Crippen LogP contribution >= 0.6 is 0 Å². The Hall–Kier alpha value is -3.88. The molecule has 3 aromatic rings. The van der Waals surface area contributed by atoms with Crippen LogP contribution in [0, 0.1) is 13.8 Å². The molecule has 0 saturated carbocycles. The zero-order valence-corrected chi connectivity index (χ0v) is 18.2. The van der Waals surface area contributed by atoms with Crippen molar-refractivity contribution < 1.29 is 14.3 Å². The molecule has 0 bridgehead atoms. The first kappa shape index (κ1) is 21.4. The molecule has 1 aliphatic rings. The molecule has 2 amide bonds. The number of anilines is 1. The van der Waals surface area contributed by atoms with Gasteiger partial charge in [0.25, 0.3) is 11.8 Å². The van der Waals surface area contributed by atoms with E-state index in [9.17, 15) is 9.59 Å². The van der Waals surface area contributed by atoms with Crippen molar-refractivity contribution in [3.05, 3.63) is 71.3 Å². The van der Waals surface area contributed by atoms with Gasteiger partial charge in [-0.25, -0.2) is 15.0 Å². The molecular formula is C23H24N6O3. The Kier molecular flexibility index (Phi) is 6.07. The van der Waals surface area contributed by atoms with E-state index in [1.54, 1.807) is 55.6 Å². The van der Waals surface area contributed by atoms with Gasteiger partial charge in [-0.3, -0.25) is 14.6 Å². The van der Waals surface area contributed by atoms with Crippen molar-refractivity contribution >= 4 is 17.5 Å². The summed E-state index contributed by atoms with van der Waals surface area (Å²) >= 11 is 0. The van der Waals surface area contributed by atoms with Gasteiger partial charge in [0, 0.05) is 37.1 Å². The monoisotopic (exact) mass is 432 g/mol. The zero-order valence-electron chi connectivity index (χ0n) is 18.2. The van der Waals surface area contributed by atoms with Crippen molar-refractivity contribution in [2.24, 2.45) is 0 Å². The van der Waals surface area contributed by atoms with Gasteiger partial charge < -0.3 is 15.0 Å². The summed E-state index contributed by atoms with van der Waals surface area (Å²) in [7, 11) is 1.59. The highest BCUT2D eigenvalue weighted by atomic mass is 16.5. The number of hydrogen-bond donors (Lipinski definition) is 1. The Morgan fingerprint density at radius 1 is 1.06 bits per heavy atom. The maximum Gasteiger partial charge on any atom is 0.274 e. The maximum atomic E-state index is 12.7. The van der Waals surface area contributed by atoms with Gasteiger partial charge in [-0.1, -0.05) is 0 Å². The molecule has 1 aliphatic heterocycles. The van der Waals surface area contributed by atoms with Gasteiger partial charge >= 0.3 is 0 Å². The average Bonchev–Trinajstić information content (AvgIpc) is 3.30. The first-order valence-electron chi connectivity index (χ1n) is 10.3. The Balaban J connectivity index is 1.42. The van der Waals surface area contributed by atoms with E-state index in [-0.39, 0.29) is 17.7 Å². The lowest BCUT2D eigenvalue weighted by atomic mass is 10.1. The summed E-state index contributed by atoms with van der Waals surface area (Å²) in [6.45, 7) is 4.72. The number of methoxy groups -OCH3 is 1. The van der Waals surface area contributed by atoms with Gasteiger partial charge in [0.2, 0.25) is 0 Å². The maximum absolute atomic E-state index is 12.7. The summed E-state index contributed by atoms with van der Waals surface area (Å²) < 4.78 is 5.13. The normalized spacial score (nSPS) is 15.5. The van der Waals surface area contributed by atoms with Crippen molar-refractivity contribution in [1.29, 1.82) is 0 Å². The first-order chi connectivity index (χ1) is 15.4. The van der Waals surface area contributed by atoms with Crippen molar-refractivity contribution in [1.82, 2.24) is 24.8 Å². The van der Waals surface area contributed by atoms with Crippen molar-refractivity contribution in [2.75, 3.05) is 25.5 Å². The van der Waals surface area contributed by atoms with E-state index in [0.717, 1.165) is 12.1 Å². The van der Waals surface area contributed by atoms with E-state index in [0.29, 0.717) is 47.3 Å². The number of benzene rings is 1. The highest BCUT2D eigenvalue weighted by molar-refractivity contribution is 6.04. The minimum absolute atomic E-state index is 0.00903. The molecule has 1 N–H and O–H groups in total. The second-order valence-corrected chi connectivity index (χ2v) is 7.69. The SMILES string of the molecule is COc1ccc(NC(=O)c2cnc([C@@H]3CCN(C(=O)c4cnc(C)cn4)C3)nc2C)cc1. The zero-order chi connectivity index (χ0) is 22.7. The van der Waals surface area contributed by atoms with E-state index in [2.05, 4.69) is 25.3 Å². The number of amides is 2. The van der Waals surface area contributed by atoms with E-state index in [4.69, 9.17) is 4.74 Å². The summed E-state index contributed by atoms with van der Waals surface area (Å²) in [5, 5.41) is 2.84. The first-order valence-corrected chi connectivity index (χ1v) is 10.3. The number of nitrogens with one attached hydrogen (secondary N) is 1. The van der Waals surface area contributed by atoms with Crippen LogP contribution < -0.4 is 10.1 Å². The number of hydrogen-bond acceptors (Lipinski definition) is 7. The minimum atomic E-state index is -0.277. The average molecular weight is 432 g/mol. The van der Waals surface area contributed by atoms with Gasteiger partial charge in [0.05, 0.1) is 30.3 Å². The number of likely N-dealkylation sites (tertiary alicyclic amines) is 1. The molecular weight excluding hydrogens is 408 g/mol. The number of nitrogens with zero attached hydrogens (tertiary/aromatic N) is 5. The molecule has 1 saturated heterocycles. The van der Waals surface area contributed by atoms with E-state index >= 15 is 0 Å². The quantitative estimate of drug-likeness (QED) is 0.660. The Morgan fingerprint density at radius 3 is 2.50 bits per heavy atom. The van der Waals surface area contributed by atoms with Crippen LogP contribution in [0.3, 0.4) is 0 Å². The van der Waals surface area contributed by atoms with Gasteiger partial charge in [-0.2, -0.15) is 0 Å². The third-order valence-electron chi connectivity index (χ3n) is 5.43. The Labute approximate surface area is 185 Å². The van der Waals surface area contributed by atoms with Crippen LogP contribution in [0.25, 0.3) is 0 Å². The predicted molar refractivity (Wildman–Crippen MR) is 118 cm³/mol. The number of aromatic nitrogens is 4. The fourth-order valence-corrected chi connectivity index (χ4v) is 3.60. The second-order valence-electron chi connectivity index (χ2n) is 7.69. The predicted octanol–water partition coefficient (Wildman–Crippen LogP) is 2.77. The number of rotatable bonds is 5. The van der Waals surface area contributed by atoms with Gasteiger partial charge in [-0.05, 0) is 44.5 Å². The number of carbonyl (C=O) groups is 2.